The molecular formula is C30H33ClN2O4S. The molecule has 2 heterocycles. The maximum absolute atomic E-state index is 9.64. The van der Waals surface area contributed by atoms with Gasteiger partial charge in [0.2, 0.25) is 0 Å². The third-order valence-electron chi connectivity index (χ3n) is 6.86. The fraction of sp³-hybridized carbons (Fsp3) is 0.333. The minimum absolute atomic E-state index is 0.296. The Morgan fingerprint density at radius 1 is 0.816 bits per heavy atom. The second kappa shape index (κ2) is 13.7. The molecule has 1 saturated heterocycles. The fourth-order valence-electron chi connectivity index (χ4n) is 4.92. The van der Waals surface area contributed by atoms with Gasteiger partial charge in [0.15, 0.2) is 0 Å². The van der Waals surface area contributed by atoms with E-state index in [-0.39, 0.29) is 12.8 Å². The summed E-state index contributed by atoms with van der Waals surface area (Å²) in [6.07, 6.45) is 3.10. The van der Waals surface area contributed by atoms with Gasteiger partial charge in [-0.25, -0.2) is 0 Å². The molecule has 2 aliphatic heterocycles. The first-order valence-electron chi connectivity index (χ1n) is 13.0. The summed E-state index contributed by atoms with van der Waals surface area (Å²) < 4.78 is 0. The van der Waals surface area contributed by atoms with Crippen LogP contribution < -0.4 is 4.90 Å². The van der Waals surface area contributed by atoms with Gasteiger partial charge in [0.05, 0.1) is 24.2 Å². The predicted molar refractivity (Wildman–Crippen MR) is 153 cm³/mol. The number of hydrogen-bond acceptors (Lipinski definition) is 5. The molecule has 6 nitrogen and oxygen atoms in total. The van der Waals surface area contributed by atoms with Crippen molar-refractivity contribution in [1.29, 1.82) is 0 Å². The molecular weight excluding hydrogens is 520 g/mol. The number of aliphatic carboxylic acids is 2. The number of benzene rings is 3. The average Bonchev–Trinajstić information content (AvgIpc) is 2.93. The number of carboxylic acid groups (broad SMARTS) is 2. The van der Waals surface area contributed by atoms with Crippen molar-refractivity contribution >= 4 is 46.7 Å². The van der Waals surface area contributed by atoms with E-state index in [4.69, 9.17) is 21.8 Å². The van der Waals surface area contributed by atoms with Crippen molar-refractivity contribution in [1.82, 2.24) is 4.90 Å². The summed E-state index contributed by atoms with van der Waals surface area (Å²) in [5, 5.41) is 16.6. The number of piperidine rings is 1. The van der Waals surface area contributed by atoms with Crippen molar-refractivity contribution in [3.05, 3.63) is 83.4 Å². The van der Waals surface area contributed by atoms with Crippen molar-refractivity contribution in [3.63, 3.8) is 0 Å². The number of likely N-dealkylation sites (tertiary alicyclic amines) is 1. The van der Waals surface area contributed by atoms with Crippen LogP contribution in [0.15, 0.2) is 82.6 Å². The second-order valence-electron chi connectivity index (χ2n) is 9.50. The smallest absolute Gasteiger partial charge is 0.303 e. The maximum atomic E-state index is 9.64. The van der Waals surface area contributed by atoms with E-state index >= 15 is 0 Å². The first-order chi connectivity index (χ1) is 18.4. The fourth-order valence-corrected chi connectivity index (χ4v) is 6.17. The number of halogens is 1. The third-order valence-corrected chi connectivity index (χ3v) is 8.22. The Kier molecular flexibility index (Phi) is 10.1. The summed E-state index contributed by atoms with van der Waals surface area (Å²) in [4.78, 5) is 27.0. The van der Waals surface area contributed by atoms with E-state index in [9.17, 15) is 9.59 Å². The summed E-state index contributed by atoms with van der Waals surface area (Å²) in [7, 11) is 0. The van der Waals surface area contributed by atoms with Crippen LogP contribution in [0.25, 0.3) is 0 Å². The van der Waals surface area contributed by atoms with Crippen molar-refractivity contribution < 1.29 is 19.8 Å². The highest BCUT2D eigenvalue weighted by Gasteiger charge is 2.24. The normalized spacial score (nSPS) is 15.1. The molecule has 0 saturated carbocycles. The SMILES string of the molecule is Clc1ccc2c(c1)N(CCCN1CCC(c3ccccc3)CC1)c1ccccc1S2.O=C(O)CCC(=O)O. The van der Waals surface area contributed by atoms with Gasteiger partial charge in [-0.3, -0.25) is 9.59 Å². The number of anilines is 2. The topological polar surface area (TPSA) is 81.1 Å². The maximum Gasteiger partial charge on any atom is 0.303 e. The zero-order valence-corrected chi connectivity index (χ0v) is 22.8. The zero-order chi connectivity index (χ0) is 26.9. The van der Waals surface area contributed by atoms with E-state index in [1.807, 2.05) is 17.8 Å². The molecule has 3 aromatic rings. The van der Waals surface area contributed by atoms with Crippen molar-refractivity contribution in [2.75, 3.05) is 31.1 Å². The molecule has 0 aliphatic carbocycles. The van der Waals surface area contributed by atoms with Crippen molar-refractivity contribution in [2.45, 2.75) is 47.8 Å². The largest absolute Gasteiger partial charge is 0.481 e. The molecule has 0 amide bonds. The highest BCUT2D eigenvalue weighted by atomic mass is 35.5. The lowest BCUT2D eigenvalue weighted by molar-refractivity contribution is -0.143. The third kappa shape index (κ3) is 7.76. The van der Waals surface area contributed by atoms with Crippen LogP contribution in [0.1, 0.15) is 43.6 Å². The summed E-state index contributed by atoms with van der Waals surface area (Å²) >= 11 is 8.19. The van der Waals surface area contributed by atoms with Crippen LogP contribution in [0.4, 0.5) is 11.4 Å². The molecule has 8 heteroatoms. The van der Waals surface area contributed by atoms with Crippen LogP contribution in [0.3, 0.4) is 0 Å². The highest BCUT2D eigenvalue weighted by Crippen LogP contribution is 2.48. The molecule has 0 spiro atoms. The van der Waals surface area contributed by atoms with Crippen LogP contribution in [0, 0.1) is 0 Å². The molecule has 0 aromatic heterocycles. The van der Waals surface area contributed by atoms with E-state index in [2.05, 4.69) is 76.5 Å². The summed E-state index contributed by atoms with van der Waals surface area (Å²) in [6, 6.07) is 26.0. The number of nitrogens with zero attached hydrogens (tertiary/aromatic N) is 2. The Morgan fingerprint density at radius 3 is 2.13 bits per heavy atom. The van der Waals surface area contributed by atoms with E-state index in [1.165, 1.54) is 52.7 Å². The van der Waals surface area contributed by atoms with E-state index in [1.54, 1.807) is 0 Å². The van der Waals surface area contributed by atoms with Gasteiger partial charge in [0.1, 0.15) is 0 Å². The minimum Gasteiger partial charge on any atom is -0.481 e. The lowest BCUT2D eigenvalue weighted by atomic mass is 9.89. The number of fused-ring (bicyclic) bond motifs is 2. The van der Waals surface area contributed by atoms with E-state index in [0.717, 1.165) is 30.5 Å². The molecule has 3 aromatic carbocycles. The van der Waals surface area contributed by atoms with Crippen LogP contribution >= 0.6 is 23.4 Å². The van der Waals surface area contributed by atoms with Gasteiger partial charge in [-0.05, 0) is 80.7 Å². The lowest BCUT2D eigenvalue weighted by Crippen LogP contribution is -2.35. The average molecular weight is 553 g/mol. The number of hydrogen-bond donors (Lipinski definition) is 2. The second-order valence-corrected chi connectivity index (χ2v) is 11.0. The molecule has 0 atom stereocenters. The molecule has 5 rings (SSSR count). The van der Waals surface area contributed by atoms with E-state index < -0.39 is 11.9 Å². The predicted octanol–water partition coefficient (Wildman–Crippen LogP) is 7.15. The van der Waals surface area contributed by atoms with Crippen molar-refractivity contribution in [2.24, 2.45) is 0 Å². The summed E-state index contributed by atoms with van der Waals surface area (Å²) in [5.41, 5.74) is 4.06. The number of carboxylic acids is 2. The Hall–Kier alpha value is -3.00. The summed E-state index contributed by atoms with van der Waals surface area (Å²) in [6.45, 7) is 4.58. The van der Waals surface area contributed by atoms with Crippen molar-refractivity contribution in [3.8, 4) is 0 Å². The van der Waals surface area contributed by atoms with Crippen LogP contribution in [-0.4, -0.2) is 53.2 Å². The molecule has 1 fully saturated rings. The van der Waals surface area contributed by atoms with Gasteiger partial charge >= 0.3 is 11.9 Å². The number of carbonyl (C=O) groups is 2. The van der Waals surface area contributed by atoms with Crippen LogP contribution in [0.2, 0.25) is 5.02 Å². The number of para-hydroxylation sites is 1. The van der Waals surface area contributed by atoms with Crippen LogP contribution in [-0.2, 0) is 9.59 Å². The first-order valence-corrected chi connectivity index (χ1v) is 14.1. The molecule has 2 aliphatic rings. The zero-order valence-electron chi connectivity index (χ0n) is 21.3. The van der Waals surface area contributed by atoms with Gasteiger partial charge in [-0.1, -0.05) is 65.8 Å². The first kappa shape index (κ1) is 28.0. The highest BCUT2D eigenvalue weighted by molar-refractivity contribution is 7.99. The quantitative estimate of drug-likeness (QED) is 0.307. The summed E-state index contributed by atoms with van der Waals surface area (Å²) in [5.74, 6) is -1.43. The molecule has 0 radical (unpaired) electrons. The Bertz CT molecular complexity index is 1220. The van der Waals surface area contributed by atoms with Crippen LogP contribution in [0.5, 0.6) is 0 Å². The standard InChI is InChI=1S/C26H27ClN2S.C4H6O4/c27-22-11-12-26-24(19-22)29(23-9-4-5-10-25(23)30-26)16-6-15-28-17-13-21(14-18-28)20-7-2-1-3-8-20;5-3(6)1-2-4(7)8/h1-5,7-12,19,21H,6,13-18H2;1-2H2,(H,5,6)(H,7,8). The Balaban J connectivity index is 0.000000368. The van der Waals surface area contributed by atoms with Gasteiger partial charge < -0.3 is 20.0 Å². The molecule has 200 valence electrons. The Morgan fingerprint density at radius 2 is 1.45 bits per heavy atom. The molecule has 0 bridgehead atoms. The molecule has 2 N–H and O–H groups in total. The minimum atomic E-state index is -1.08. The van der Waals surface area contributed by atoms with Gasteiger partial charge in [-0.15, -0.1) is 0 Å². The van der Waals surface area contributed by atoms with Gasteiger partial charge in [0, 0.05) is 21.4 Å². The number of rotatable bonds is 8. The molecule has 0 unspecified atom stereocenters. The van der Waals surface area contributed by atoms with Gasteiger partial charge in [0.25, 0.3) is 0 Å². The monoisotopic (exact) mass is 552 g/mol. The van der Waals surface area contributed by atoms with E-state index in [0.29, 0.717) is 0 Å². The Labute approximate surface area is 233 Å². The lowest BCUT2D eigenvalue weighted by Gasteiger charge is -2.35. The van der Waals surface area contributed by atoms with Gasteiger partial charge in [-0.2, -0.15) is 0 Å². The molecule has 38 heavy (non-hydrogen) atoms.